The molecule has 1 unspecified atom stereocenters. The van der Waals surface area contributed by atoms with Crippen molar-refractivity contribution in [1.29, 1.82) is 0 Å². The molecule has 0 aliphatic carbocycles. The third-order valence-corrected chi connectivity index (χ3v) is 3.88. The fraction of sp³-hybridized carbons (Fsp3) is 0.429. The van der Waals surface area contributed by atoms with E-state index in [9.17, 15) is 4.79 Å². The first-order valence-electron chi connectivity index (χ1n) is 6.83. The summed E-state index contributed by atoms with van der Waals surface area (Å²) in [6.45, 7) is 3.15. The number of nitrogen functional groups attached to an aromatic ring is 1. The lowest BCUT2D eigenvalue weighted by Gasteiger charge is -2.14. The maximum Gasteiger partial charge on any atom is 0.258 e. The largest absolute Gasteiger partial charge is 0.397 e. The Morgan fingerprint density at radius 2 is 2.40 bits per heavy atom. The molecule has 106 valence electrons. The highest BCUT2D eigenvalue weighted by atomic mass is 16.1. The molecule has 0 spiro atoms. The molecule has 1 aromatic carbocycles. The van der Waals surface area contributed by atoms with Crippen LogP contribution in [0.5, 0.6) is 0 Å². The van der Waals surface area contributed by atoms with E-state index in [1.807, 2.05) is 6.07 Å². The van der Waals surface area contributed by atoms with Crippen molar-refractivity contribution in [1.82, 2.24) is 14.9 Å². The van der Waals surface area contributed by atoms with Crippen LogP contribution in [0.1, 0.15) is 6.42 Å². The molecule has 0 radical (unpaired) electrons. The van der Waals surface area contributed by atoms with Gasteiger partial charge in [0.1, 0.15) is 0 Å². The van der Waals surface area contributed by atoms with Gasteiger partial charge in [-0.1, -0.05) is 0 Å². The van der Waals surface area contributed by atoms with Crippen molar-refractivity contribution in [2.75, 3.05) is 37.7 Å². The number of H-pyrrole nitrogens is 1. The average molecular weight is 273 g/mol. The molecule has 2 aromatic rings. The van der Waals surface area contributed by atoms with Crippen LogP contribution in [0.25, 0.3) is 10.9 Å². The third-order valence-electron chi connectivity index (χ3n) is 3.88. The van der Waals surface area contributed by atoms with Crippen LogP contribution in [-0.4, -0.2) is 41.5 Å². The molecule has 0 saturated carbocycles. The van der Waals surface area contributed by atoms with E-state index in [1.54, 1.807) is 6.07 Å². The second-order valence-electron chi connectivity index (χ2n) is 5.49. The highest BCUT2D eigenvalue weighted by molar-refractivity contribution is 5.88. The number of hydrogen-bond acceptors (Lipinski definition) is 5. The van der Waals surface area contributed by atoms with E-state index in [0.717, 1.165) is 25.3 Å². The van der Waals surface area contributed by atoms with Gasteiger partial charge >= 0.3 is 0 Å². The first-order chi connectivity index (χ1) is 9.63. The van der Waals surface area contributed by atoms with Crippen molar-refractivity contribution in [3.05, 3.63) is 28.8 Å². The zero-order valence-electron chi connectivity index (χ0n) is 11.5. The molecular formula is C14H19N5O. The number of aromatic nitrogens is 2. The molecular weight excluding hydrogens is 254 g/mol. The molecule has 1 aliphatic rings. The van der Waals surface area contributed by atoms with E-state index in [0.29, 0.717) is 22.5 Å². The Morgan fingerprint density at radius 1 is 1.55 bits per heavy atom. The lowest BCUT2D eigenvalue weighted by Crippen LogP contribution is -2.19. The summed E-state index contributed by atoms with van der Waals surface area (Å²) in [5.41, 5.74) is 7.95. The maximum absolute atomic E-state index is 11.7. The predicted octanol–water partition coefficient (Wildman–Crippen LogP) is 0.869. The predicted molar refractivity (Wildman–Crippen MR) is 80.9 cm³/mol. The quantitative estimate of drug-likeness (QED) is 0.722. The van der Waals surface area contributed by atoms with Gasteiger partial charge in [-0.2, -0.15) is 0 Å². The van der Waals surface area contributed by atoms with Gasteiger partial charge in [0.2, 0.25) is 0 Å². The van der Waals surface area contributed by atoms with Crippen LogP contribution in [0.15, 0.2) is 23.3 Å². The number of aromatic amines is 1. The van der Waals surface area contributed by atoms with Gasteiger partial charge in [0.25, 0.3) is 5.56 Å². The number of likely N-dealkylation sites (tertiary alicyclic amines) is 1. The fourth-order valence-electron chi connectivity index (χ4n) is 2.73. The van der Waals surface area contributed by atoms with Crippen molar-refractivity contribution in [3.8, 4) is 0 Å². The monoisotopic (exact) mass is 273 g/mol. The summed E-state index contributed by atoms with van der Waals surface area (Å²) in [6, 6.07) is 3.53. The van der Waals surface area contributed by atoms with Gasteiger partial charge in [-0.25, -0.2) is 4.98 Å². The second kappa shape index (κ2) is 5.13. The summed E-state index contributed by atoms with van der Waals surface area (Å²) >= 11 is 0. The van der Waals surface area contributed by atoms with E-state index < -0.39 is 0 Å². The molecule has 3 rings (SSSR count). The molecule has 1 aromatic heterocycles. The smallest absolute Gasteiger partial charge is 0.258 e. The number of hydrogen-bond donors (Lipinski definition) is 3. The Labute approximate surface area is 117 Å². The van der Waals surface area contributed by atoms with Crippen LogP contribution < -0.4 is 16.6 Å². The lowest BCUT2D eigenvalue weighted by atomic mass is 10.1. The summed E-state index contributed by atoms with van der Waals surface area (Å²) in [5.74, 6) is 0.641. The minimum Gasteiger partial charge on any atom is -0.397 e. The van der Waals surface area contributed by atoms with Crippen LogP contribution >= 0.6 is 0 Å². The molecule has 1 aliphatic heterocycles. The van der Waals surface area contributed by atoms with Gasteiger partial charge in [-0.3, -0.25) is 4.79 Å². The van der Waals surface area contributed by atoms with Crippen molar-refractivity contribution < 1.29 is 0 Å². The normalized spacial score (nSPS) is 19.6. The zero-order chi connectivity index (χ0) is 14.1. The summed E-state index contributed by atoms with van der Waals surface area (Å²) in [7, 11) is 2.14. The van der Waals surface area contributed by atoms with Gasteiger partial charge in [0.15, 0.2) is 0 Å². The van der Waals surface area contributed by atoms with E-state index >= 15 is 0 Å². The molecule has 6 heteroatoms. The highest BCUT2D eigenvalue weighted by Gasteiger charge is 2.19. The fourth-order valence-corrected chi connectivity index (χ4v) is 2.73. The molecule has 1 fully saturated rings. The molecule has 1 saturated heterocycles. The minimum absolute atomic E-state index is 0.161. The number of nitrogens with one attached hydrogen (secondary N) is 2. The molecule has 2 heterocycles. The maximum atomic E-state index is 11.7. The third kappa shape index (κ3) is 2.46. The van der Waals surface area contributed by atoms with Crippen LogP contribution in [-0.2, 0) is 0 Å². The summed E-state index contributed by atoms with van der Waals surface area (Å²) in [6.07, 6.45) is 2.62. The standard InChI is InChI=1S/C14H19N5O/c1-19-3-2-9(7-19)6-16-13-5-12-10(4-11(13)15)14(20)18-8-17-12/h4-5,8-9,16H,2-3,6-7,15H2,1H3,(H,17,18,20). The first kappa shape index (κ1) is 12.9. The van der Waals surface area contributed by atoms with Crippen LogP contribution in [0, 0.1) is 5.92 Å². The topological polar surface area (TPSA) is 87.0 Å². The number of rotatable bonds is 3. The minimum atomic E-state index is -0.161. The van der Waals surface area contributed by atoms with Crippen molar-refractivity contribution >= 4 is 22.3 Å². The van der Waals surface area contributed by atoms with Crippen molar-refractivity contribution in [2.24, 2.45) is 5.92 Å². The average Bonchev–Trinajstić information content (AvgIpc) is 2.83. The SMILES string of the molecule is CN1CCC(CNc2cc3nc[nH]c(=O)c3cc2N)C1. The second-order valence-corrected chi connectivity index (χ2v) is 5.49. The Morgan fingerprint density at radius 3 is 3.15 bits per heavy atom. The molecule has 1 atom stereocenters. The highest BCUT2D eigenvalue weighted by Crippen LogP contribution is 2.24. The number of nitrogens with two attached hydrogens (primary N) is 1. The van der Waals surface area contributed by atoms with E-state index in [-0.39, 0.29) is 5.56 Å². The van der Waals surface area contributed by atoms with Gasteiger partial charge in [0.05, 0.1) is 28.6 Å². The number of benzene rings is 1. The van der Waals surface area contributed by atoms with Crippen LogP contribution in [0.2, 0.25) is 0 Å². The lowest BCUT2D eigenvalue weighted by molar-refractivity contribution is 0.399. The summed E-state index contributed by atoms with van der Waals surface area (Å²) < 4.78 is 0. The number of nitrogens with zero attached hydrogens (tertiary/aromatic N) is 2. The molecule has 0 amide bonds. The zero-order valence-corrected chi connectivity index (χ0v) is 11.5. The molecule has 4 N–H and O–H groups in total. The number of fused-ring (bicyclic) bond motifs is 1. The van der Waals surface area contributed by atoms with Gasteiger partial charge in [0, 0.05) is 13.1 Å². The van der Waals surface area contributed by atoms with Gasteiger partial charge in [-0.05, 0) is 38.1 Å². The molecule has 20 heavy (non-hydrogen) atoms. The Hall–Kier alpha value is -2.08. The van der Waals surface area contributed by atoms with Gasteiger partial charge < -0.3 is 20.9 Å². The Balaban J connectivity index is 1.81. The van der Waals surface area contributed by atoms with Crippen molar-refractivity contribution in [2.45, 2.75) is 6.42 Å². The Bertz CT molecular complexity index is 681. The van der Waals surface area contributed by atoms with Gasteiger partial charge in [-0.15, -0.1) is 0 Å². The van der Waals surface area contributed by atoms with Crippen molar-refractivity contribution in [3.63, 3.8) is 0 Å². The molecule has 6 nitrogen and oxygen atoms in total. The van der Waals surface area contributed by atoms with E-state index in [4.69, 9.17) is 5.73 Å². The summed E-state index contributed by atoms with van der Waals surface area (Å²) in [5, 5.41) is 3.91. The van der Waals surface area contributed by atoms with E-state index in [1.165, 1.54) is 12.7 Å². The van der Waals surface area contributed by atoms with E-state index in [2.05, 4.69) is 27.2 Å². The molecule has 0 bridgehead atoms. The summed E-state index contributed by atoms with van der Waals surface area (Å²) in [4.78, 5) is 20.7. The Kier molecular flexibility index (Phi) is 3.31. The number of anilines is 2. The van der Waals surface area contributed by atoms with Crippen LogP contribution in [0.3, 0.4) is 0 Å². The van der Waals surface area contributed by atoms with Crippen LogP contribution in [0.4, 0.5) is 11.4 Å². The first-order valence-corrected chi connectivity index (χ1v) is 6.83.